The van der Waals surface area contributed by atoms with Gasteiger partial charge in [-0.3, -0.25) is 4.79 Å². The molecule has 0 atom stereocenters. The van der Waals surface area contributed by atoms with Gasteiger partial charge in [0.05, 0.1) is 5.56 Å². The van der Waals surface area contributed by atoms with Crippen molar-refractivity contribution in [2.75, 3.05) is 5.32 Å². The second-order valence-electron chi connectivity index (χ2n) is 7.92. The predicted octanol–water partition coefficient (Wildman–Crippen LogP) is 6.56. The van der Waals surface area contributed by atoms with E-state index in [1.807, 2.05) is 66.2 Å². The molecule has 0 unspecified atom stereocenters. The van der Waals surface area contributed by atoms with Gasteiger partial charge < -0.3 is 9.88 Å². The number of fused-ring (bicyclic) bond motifs is 1. The summed E-state index contributed by atoms with van der Waals surface area (Å²) in [5, 5.41) is 12.8. The van der Waals surface area contributed by atoms with Crippen molar-refractivity contribution >= 4 is 28.6 Å². The Morgan fingerprint density at radius 3 is 2.56 bits per heavy atom. The lowest BCUT2D eigenvalue weighted by molar-refractivity contribution is -0.137. The number of carbonyl (C=O) groups excluding carboxylic acids is 1. The molecule has 4 rings (SSSR count). The Hall–Kier alpha value is -4.31. The van der Waals surface area contributed by atoms with Gasteiger partial charge in [-0.05, 0) is 42.8 Å². The SMILES string of the molecule is Cc1cccc(Cn2cc(/C=C(/C#N)C(=O)Nc3cccc(C(F)(F)F)c3)c3ccccc32)c1. The number of aromatic nitrogens is 1. The number of hydrogen-bond acceptors (Lipinski definition) is 2. The van der Waals surface area contributed by atoms with Gasteiger partial charge in [-0.25, -0.2) is 0 Å². The Kier molecular flexibility index (Phi) is 6.24. The zero-order valence-electron chi connectivity index (χ0n) is 18.2. The molecule has 0 fully saturated rings. The van der Waals surface area contributed by atoms with Crippen LogP contribution in [0.2, 0.25) is 0 Å². The van der Waals surface area contributed by atoms with Gasteiger partial charge in [0, 0.05) is 34.9 Å². The zero-order valence-corrected chi connectivity index (χ0v) is 18.2. The Morgan fingerprint density at radius 2 is 1.82 bits per heavy atom. The molecule has 0 bridgehead atoms. The average Bonchev–Trinajstić information content (AvgIpc) is 3.14. The number of carbonyl (C=O) groups is 1. The summed E-state index contributed by atoms with van der Waals surface area (Å²) in [7, 11) is 0. The van der Waals surface area contributed by atoms with Crippen molar-refractivity contribution in [2.24, 2.45) is 0 Å². The number of rotatable bonds is 5. The highest BCUT2D eigenvalue weighted by Crippen LogP contribution is 2.31. The normalized spacial score (nSPS) is 11.9. The second-order valence-corrected chi connectivity index (χ2v) is 7.92. The number of nitrogens with one attached hydrogen (secondary N) is 1. The second kappa shape index (κ2) is 9.28. The van der Waals surface area contributed by atoms with Crippen molar-refractivity contribution in [1.29, 1.82) is 5.26 Å². The fourth-order valence-electron chi connectivity index (χ4n) is 3.80. The minimum absolute atomic E-state index is 0.0390. The van der Waals surface area contributed by atoms with E-state index in [-0.39, 0.29) is 11.3 Å². The van der Waals surface area contributed by atoms with Gasteiger partial charge in [-0.2, -0.15) is 18.4 Å². The minimum Gasteiger partial charge on any atom is -0.342 e. The molecule has 170 valence electrons. The maximum Gasteiger partial charge on any atom is 0.416 e. The molecule has 0 aliphatic heterocycles. The highest BCUT2D eigenvalue weighted by Gasteiger charge is 2.30. The number of anilines is 1. The molecule has 0 saturated carbocycles. The smallest absolute Gasteiger partial charge is 0.342 e. The first-order valence-electron chi connectivity index (χ1n) is 10.5. The van der Waals surface area contributed by atoms with Crippen LogP contribution in [-0.4, -0.2) is 10.5 Å². The van der Waals surface area contributed by atoms with Crippen LogP contribution in [0.4, 0.5) is 18.9 Å². The largest absolute Gasteiger partial charge is 0.416 e. The van der Waals surface area contributed by atoms with Crippen LogP contribution in [0.25, 0.3) is 17.0 Å². The Balaban J connectivity index is 1.66. The summed E-state index contributed by atoms with van der Waals surface area (Å²) < 4.78 is 40.9. The number of halogens is 3. The lowest BCUT2D eigenvalue weighted by Crippen LogP contribution is -2.14. The van der Waals surface area contributed by atoms with Gasteiger partial charge in [0.2, 0.25) is 0 Å². The molecular formula is C27H20F3N3O. The fourth-order valence-corrected chi connectivity index (χ4v) is 3.80. The lowest BCUT2D eigenvalue weighted by Gasteiger charge is -2.09. The van der Waals surface area contributed by atoms with Crippen LogP contribution in [-0.2, 0) is 17.5 Å². The first kappa shape index (κ1) is 22.9. The topological polar surface area (TPSA) is 57.8 Å². The molecule has 7 heteroatoms. The van der Waals surface area contributed by atoms with Crippen LogP contribution >= 0.6 is 0 Å². The third kappa shape index (κ3) is 5.02. The standard InChI is InChI=1S/C27H20F3N3O/c1-18-6-4-7-19(12-18)16-33-17-21(24-10-2-3-11-25(24)33)13-20(15-31)26(34)32-23-9-5-8-22(14-23)27(28,29)30/h2-14,17H,16H2,1H3,(H,32,34)/b20-13-. The molecule has 34 heavy (non-hydrogen) atoms. The fraction of sp³-hybridized carbons (Fsp3) is 0.111. The summed E-state index contributed by atoms with van der Waals surface area (Å²) in [6.45, 7) is 2.63. The van der Waals surface area contributed by atoms with Crippen LogP contribution < -0.4 is 5.32 Å². The number of para-hydroxylation sites is 1. The molecule has 3 aromatic carbocycles. The van der Waals surface area contributed by atoms with Crippen LogP contribution in [0.5, 0.6) is 0 Å². The van der Waals surface area contributed by atoms with E-state index in [0.717, 1.165) is 34.2 Å². The molecule has 4 nitrogen and oxygen atoms in total. The van der Waals surface area contributed by atoms with E-state index in [2.05, 4.69) is 11.4 Å². The maximum atomic E-state index is 13.0. The van der Waals surface area contributed by atoms with E-state index in [9.17, 15) is 23.2 Å². The van der Waals surface area contributed by atoms with Crippen LogP contribution in [0, 0.1) is 18.3 Å². The molecule has 0 saturated heterocycles. The number of aryl methyl sites for hydroxylation is 1. The lowest BCUT2D eigenvalue weighted by atomic mass is 10.1. The summed E-state index contributed by atoms with van der Waals surface area (Å²) in [5.74, 6) is -0.780. The molecule has 0 aliphatic rings. The summed E-state index contributed by atoms with van der Waals surface area (Å²) in [6, 6.07) is 21.9. The average molecular weight is 459 g/mol. The molecule has 0 spiro atoms. The Labute approximate surface area is 194 Å². The van der Waals surface area contributed by atoms with E-state index >= 15 is 0 Å². The number of hydrogen-bond donors (Lipinski definition) is 1. The van der Waals surface area contributed by atoms with Gasteiger partial charge in [0.1, 0.15) is 11.6 Å². The molecule has 1 heterocycles. The quantitative estimate of drug-likeness (QED) is 0.271. The van der Waals surface area contributed by atoms with Crippen molar-refractivity contribution in [1.82, 2.24) is 4.57 Å². The third-order valence-electron chi connectivity index (χ3n) is 5.37. The van der Waals surface area contributed by atoms with E-state index in [4.69, 9.17) is 0 Å². The van der Waals surface area contributed by atoms with E-state index < -0.39 is 17.6 Å². The van der Waals surface area contributed by atoms with Gasteiger partial charge in [0.25, 0.3) is 5.91 Å². The van der Waals surface area contributed by atoms with Gasteiger partial charge in [0.15, 0.2) is 0 Å². The first-order valence-corrected chi connectivity index (χ1v) is 10.5. The Bertz CT molecular complexity index is 1440. The van der Waals surface area contributed by atoms with Gasteiger partial charge in [-0.1, -0.05) is 54.1 Å². The highest BCUT2D eigenvalue weighted by molar-refractivity contribution is 6.10. The Morgan fingerprint density at radius 1 is 1.06 bits per heavy atom. The van der Waals surface area contributed by atoms with Crippen LogP contribution in [0.15, 0.2) is 84.6 Å². The van der Waals surface area contributed by atoms with Crippen LogP contribution in [0.3, 0.4) is 0 Å². The molecule has 0 aliphatic carbocycles. The number of nitrogens with zero attached hydrogens (tertiary/aromatic N) is 2. The minimum atomic E-state index is -4.53. The molecule has 0 radical (unpaired) electrons. The molecule has 1 N–H and O–H groups in total. The van der Waals surface area contributed by atoms with Crippen LogP contribution in [0.1, 0.15) is 22.3 Å². The molecule has 4 aromatic rings. The van der Waals surface area contributed by atoms with Gasteiger partial charge in [-0.15, -0.1) is 0 Å². The monoisotopic (exact) mass is 459 g/mol. The molecular weight excluding hydrogens is 439 g/mol. The summed E-state index contributed by atoms with van der Waals surface area (Å²) in [6.07, 6.45) is -1.21. The molecule has 1 amide bonds. The van der Waals surface area contributed by atoms with Crippen molar-refractivity contribution in [3.8, 4) is 6.07 Å². The van der Waals surface area contributed by atoms with Crippen molar-refractivity contribution in [3.05, 3.63) is 107 Å². The number of amides is 1. The van der Waals surface area contributed by atoms with E-state index in [1.54, 1.807) is 0 Å². The zero-order chi connectivity index (χ0) is 24.3. The summed E-state index contributed by atoms with van der Waals surface area (Å²) >= 11 is 0. The van der Waals surface area contributed by atoms with Crippen molar-refractivity contribution in [3.63, 3.8) is 0 Å². The summed E-state index contributed by atoms with van der Waals surface area (Å²) in [4.78, 5) is 12.7. The van der Waals surface area contributed by atoms with E-state index in [1.165, 1.54) is 18.2 Å². The molecule has 1 aromatic heterocycles. The van der Waals surface area contributed by atoms with Crippen molar-refractivity contribution < 1.29 is 18.0 Å². The van der Waals surface area contributed by atoms with E-state index in [0.29, 0.717) is 12.1 Å². The number of benzene rings is 3. The van der Waals surface area contributed by atoms with Gasteiger partial charge >= 0.3 is 6.18 Å². The van der Waals surface area contributed by atoms with Crippen molar-refractivity contribution in [2.45, 2.75) is 19.6 Å². The first-order chi connectivity index (χ1) is 16.2. The number of alkyl halides is 3. The number of nitriles is 1. The third-order valence-corrected chi connectivity index (χ3v) is 5.37. The predicted molar refractivity (Wildman–Crippen MR) is 126 cm³/mol. The summed E-state index contributed by atoms with van der Waals surface area (Å²) in [5.41, 5.74) is 2.72. The maximum absolute atomic E-state index is 13.0. The highest BCUT2D eigenvalue weighted by atomic mass is 19.4.